The number of rotatable bonds is 4. The number of benzene rings is 1. The van der Waals surface area contributed by atoms with Crippen molar-refractivity contribution in [3.63, 3.8) is 0 Å². The Balaban J connectivity index is 1.91. The van der Waals surface area contributed by atoms with E-state index in [4.69, 9.17) is 16.0 Å². The van der Waals surface area contributed by atoms with E-state index in [2.05, 4.69) is 10.3 Å². The minimum absolute atomic E-state index is 0.0278. The van der Waals surface area contributed by atoms with Gasteiger partial charge in [0.25, 0.3) is 5.91 Å². The lowest BCUT2D eigenvalue weighted by Crippen LogP contribution is -2.29. The first-order valence-corrected chi connectivity index (χ1v) is 7.73. The Morgan fingerprint density at radius 3 is 2.80 bits per heavy atom. The number of ketones is 1. The van der Waals surface area contributed by atoms with Gasteiger partial charge in [-0.2, -0.15) is 5.26 Å². The molecule has 0 radical (unpaired) electrons. The summed E-state index contributed by atoms with van der Waals surface area (Å²) in [6, 6.07) is 11.6. The number of halogens is 1. The molecule has 0 spiro atoms. The van der Waals surface area contributed by atoms with Crippen LogP contribution >= 0.6 is 11.6 Å². The number of anilines is 1. The van der Waals surface area contributed by atoms with Gasteiger partial charge in [-0.1, -0.05) is 17.7 Å². The van der Waals surface area contributed by atoms with Gasteiger partial charge in [0.1, 0.15) is 11.4 Å². The number of fused-ring (bicyclic) bond motifs is 1. The van der Waals surface area contributed by atoms with Gasteiger partial charge in [0, 0.05) is 22.2 Å². The molecule has 1 amide bonds. The smallest absolute Gasteiger partial charge is 0.251 e. The molecule has 3 aromatic rings. The molecule has 0 aliphatic carbocycles. The maximum atomic E-state index is 12.7. The van der Waals surface area contributed by atoms with Gasteiger partial charge >= 0.3 is 0 Å². The van der Waals surface area contributed by atoms with E-state index < -0.39 is 17.6 Å². The number of amides is 1. The number of aryl methyl sites for hydroxylation is 1. The topological polar surface area (TPSA) is 96.0 Å². The third-order valence-electron chi connectivity index (χ3n) is 3.69. The van der Waals surface area contributed by atoms with Crippen LogP contribution in [0.2, 0.25) is 5.02 Å². The first-order chi connectivity index (χ1) is 12.0. The zero-order valence-electron chi connectivity index (χ0n) is 13.1. The second-order valence-electron chi connectivity index (χ2n) is 5.33. The lowest BCUT2D eigenvalue weighted by Gasteiger charge is -2.08. The van der Waals surface area contributed by atoms with Crippen molar-refractivity contribution >= 4 is 40.1 Å². The number of pyridine rings is 1. The standard InChI is InChI=1S/C18H12ClN3O3/c1-10-12-8-11(19)5-6-14(12)25-17(10)16(23)13(9-20)18(24)22-15-4-2-3-7-21-15/h2-8,13H,1H3,(H,21,22,24). The van der Waals surface area contributed by atoms with Gasteiger partial charge in [-0.3, -0.25) is 9.59 Å². The Morgan fingerprint density at radius 2 is 2.12 bits per heavy atom. The summed E-state index contributed by atoms with van der Waals surface area (Å²) in [6.07, 6.45) is 1.49. The van der Waals surface area contributed by atoms with Crippen molar-refractivity contribution in [2.75, 3.05) is 5.32 Å². The van der Waals surface area contributed by atoms with Crippen molar-refractivity contribution in [1.29, 1.82) is 5.26 Å². The molecule has 25 heavy (non-hydrogen) atoms. The number of hydrogen-bond acceptors (Lipinski definition) is 5. The van der Waals surface area contributed by atoms with E-state index >= 15 is 0 Å². The molecule has 1 N–H and O–H groups in total. The number of aromatic nitrogens is 1. The van der Waals surface area contributed by atoms with Crippen LogP contribution in [0.25, 0.3) is 11.0 Å². The average molecular weight is 354 g/mol. The van der Waals surface area contributed by atoms with Crippen molar-refractivity contribution in [3.05, 3.63) is 58.9 Å². The second kappa shape index (κ2) is 6.75. The Hall–Kier alpha value is -3.17. The molecule has 1 atom stereocenters. The molecule has 6 nitrogen and oxygen atoms in total. The fraction of sp³-hybridized carbons (Fsp3) is 0.111. The van der Waals surface area contributed by atoms with Crippen LogP contribution in [0.5, 0.6) is 0 Å². The maximum Gasteiger partial charge on any atom is 0.251 e. The van der Waals surface area contributed by atoms with E-state index in [0.29, 0.717) is 21.6 Å². The highest BCUT2D eigenvalue weighted by Crippen LogP contribution is 2.29. The number of furan rings is 1. The predicted octanol–water partition coefficient (Wildman–Crippen LogP) is 3.75. The molecule has 0 aliphatic rings. The third-order valence-corrected chi connectivity index (χ3v) is 3.93. The summed E-state index contributed by atoms with van der Waals surface area (Å²) in [5.74, 6) is -2.78. The molecule has 1 unspecified atom stereocenters. The quantitative estimate of drug-likeness (QED) is 0.569. The number of hydrogen-bond donors (Lipinski definition) is 1. The molecular weight excluding hydrogens is 342 g/mol. The summed E-state index contributed by atoms with van der Waals surface area (Å²) in [7, 11) is 0. The van der Waals surface area contributed by atoms with E-state index in [1.165, 1.54) is 6.20 Å². The lowest BCUT2D eigenvalue weighted by molar-refractivity contribution is -0.117. The lowest BCUT2D eigenvalue weighted by atomic mass is 10.00. The van der Waals surface area contributed by atoms with Crippen molar-refractivity contribution in [1.82, 2.24) is 4.98 Å². The molecule has 2 heterocycles. The average Bonchev–Trinajstić information content (AvgIpc) is 2.93. The second-order valence-corrected chi connectivity index (χ2v) is 5.76. The van der Waals surface area contributed by atoms with Crippen LogP contribution in [-0.2, 0) is 4.79 Å². The van der Waals surface area contributed by atoms with Crippen molar-refractivity contribution in [3.8, 4) is 6.07 Å². The molecular formula is C18H12ClN3O3. The highest BCUT2D eigenvalue weighted by atomic mass is 35.5. The first kappa shape index (κ1) is 16.7. The molecule has 3 rings (SSSR count). The van der Waals surface area contributed by atoms with Crippen molar-refractivity contribution in [2.45, 2.75) is 6.92 Å². The monoisotopic (exact) mass is 353 g/mol. The van der Waals surface area contributed by atoms with Crippen molar-refractivity contribution < 1.29 is 14.0 Å². The molecule has 0 saturated heterocycles. The Bertz CT molecular complexity index is 1010. The van der Waals surface area contributed by atoms with E-state index in [1.54, 1.807) is 49.4 Å². The summed E-state index contributed by atoms with van der Waals surface area (Å²) < 4.78 is 5.54. The van der Waals surface area contributed by atoms with Gasteiger partial charge in [0.05, 0.1) is 6.07 Å². The van der Waals surface area contributed by atoms with Gasteiger partial charge in [-0.15, -0.1) is 0 Å². The van der Waals surface area contributed by atoms with E-state index in [0.717, 1.165) is 0 Å². The van der Waals surface area contributed by atoms with E-state index in [1.807, 2.05) is 0 Å². The van der Waals surface area contributed by atoms with Crippen LogP contribution in [0.1, 0.15) is 16.1 Å². The zero-order valence-corrected chi connectivity index (χ0v) is 13.9. The molecule has 2 aromatic heterocycles. The molecule has 0 fully saturated rings. The minimum atomic E-state index is -1.54. The van der Waals surface area contributed by atoms with Gasteiger partial charge in [0.2, 0.25) is 5.78 Å². The molecule has 0 aliphatic heterocycles. The number of carbonyl (C=O) groups excluding carboxylic acids is 2. The summed E-state index contributed by atoms with van der Waals surface area (Å²) in [5, 5.41) is 12.9. The predicted molar refractivity (Wildman–Crippen MR) is 92.3 cm³/mol. The van der Waals surface area contributed by atoms with Crippen molar-refractivity contribution in [2.24, 2.45) is 5.92 Å². The number of nitrogens with zero attached hydrogens (tertiary/aromatic N) is 2. The van der Waals surface area contributed by atoms with Crippen LogP contribution < -0.4 is 5.32 Å². The summed E-state index contributed by atoms with van der Waals surface area (Å²) in [4.78, 5) is 28.9. The number of nitrogens with one attached hydrogen (secondary N) is 1. The Morgan fingerprint density at radius 1 is 1.32 bits per heavy atom. The molecule has 0 saturated carbocycles. The largest absolute Gasteiger partial charge is 0.453 e. The van der Waals surface area contributed by atoms with Gasteiger partial charge in [-0.25, -0.2) is 4.98 Å². The van der Waals surface area contributed by atoms with Gasteiger partial charge < -0.3 is 9.73 Å². The van der Waals surface area contributed by atoms with Crippen LogP contribution in [0.3, 0.4) is 0 Å². The fourth-order valence-corrected chi connectivity index (χ4v) is 2.60. The summed E-state index contributed by atoms with van der Waals surface area (Å²) >= 11 is 5.96. The van der Waals surface area contributed by atoms with Gasteiger partial charge in [-0.05, 0) is 37.3 Å². The molecule has 0 bridgehead atoms. The van der Waals surface area contributed by atoms with E-state index in [-0.39, 0.29) is 11.6 Å². The normalized spacial score (nSPS) is 11.7. The minimum Gasteiger partial charge on any atom is -0.453 e. The zero-order chi connectivity index (χ0) is 18.0. The Kier molecular flexibility index (Phi) is 4.50. The van der Waals surface area contributed by atoms with Crippen LogP contribution in [-0.4, -0.2) is 16.7 Å². The highest BCUT2D eigenvalue weighted by molar-refractivity contribution is 6.31. The first-order valence-electron chi connectivity index (χ1n) is 7.35. The maximum absolute atomic E-state index is 12.7. The van der Waals surface area contributed by atoms with E-state index in [9.17, 15) is 14.9 Å². The van der Waals surface area contributed by atoms with Crippen LogP contribution in [0.4, 0.5) is 5.82 Å². The molecule has 124 valence electrons. The summed E-state index contributed by atoms with van der Waals surface area (Å²) in [6.45, 7) is 1.68. The number of nitriles is 1. The highest BCUT2D eigenvalue weighted by Gasteiger charge is 2.32. The third kappa shape index (κ3) is 3.23. The SMILES string of the molecule is Cc1c(C(=O)C(C#N)C(=O)Nc2ccccn2)oc2ccc(Cl)cc12. The molecule has 7 heteroatoms. The number of carbonyl (C=O) groups is 2. The molecule has 1 aromatic carbocycles. The van der Waals surface area contributed by atoms with Gasteiger partial charge in [0.15, 0.2) is 11.7 Å². The summed E-state index contributed by atoms with van der Waals surface area (Å²) in [5.41, 5.74) is 1.00. The number of Topliss-reactive ketones (excluding diaryl/α,β-unsaturated/α-hetero) is 1. The van der Waals surface area contributed by atoms with Crippen LogP contribution in [0, 0.1) is 24.2 Å². The van der Waals surface area contributed by atoms with Crippen LogP contribution in [0.15, 0.2) is 47.0 Å². The Labute approximate surface area is 148 Å². The fourth-order valence-electron chi connectivity index (χ4n) is 2.43.